The van der Waals surface area contributed by atoms with Crippen molar-refractivity contribution >= 4 is 26.1 Å². The molecule has 0 aromatic rings. The molecule has 2 amide bonds. The average Bonchev–Trinajstić information content (AvgIpc) is 2.63. The fraction of sp³-hybridized carbons (Fsp3) is 0.842. The van der Waals surface area contributed by atoms with Gasteiger partial charge in [0.05, 0.1) is 19.2 Å². The van der Waals surface area contributed by atoms with Gasteiger partial charge in [-0.25, -0.2) is 4.99 Å². The first-order valence-electron chi connectivity index (χ1n) is 10.2. The third-order valence-corrected chi connectivity index (χ3v) is 5.65. The number of carbonyl (C=O) groups is 2. The van der Waals surface area contributed by atoms with Crippen LogP contribution < -0.4 is 40.0 Å². The molecule has 0 aliphatic carbocycles. The van der Waals surface area contributed by atoms with E-state index in [1.807, 2.05) is 13.8 Å². The number of carbonyl (C=O) groups excluding carboxylic acids is 2. The monoisotopic (exact) mass is 442 g/mol. The molecule has 0 fully saturated rings. The van der Waals surface area contributed by atoms with Gasteiger partial charge in [-0.2, -0.15) is 0 Å². The summed E-state index contributed by atoms with van der Waals surface area (Å²) in [4.78, 5) is 27.1. The Morgan fingerprint density at radius 1 is 1.07 bits per heavy atom. The molecule has 1 heterocycles. The maximum absolute atomic E-state index is 11.9. The van der Waals surface area contributed by atoms with Crippen LogP contribution in [0, 0.1) is 11.3 Å². The molecule has 10 heteroatoms. The fourth-order valence-corrected chi connectivity index (χ4v) is 3.65. The van der Waals surface area contributed by atoms with Crippen molar-refractivity contribution < 1.29 is 57.9 Å². The maximum atomic E-state index is 11.9. The van der Waals surface area contributed by atoms with Gasteiger partial charge in [-0.15, -0.1) is 0 Å². The van der Waals surface area contributed by atoms with Gasteiger partial charge >= 0.3 is 37.8 Å². The van der Waals surface area contributed by atoms with Gasteiger partial charge in [0.15, 0.2) is 0 Å². The molecule has 8 nitrogen and oxygen atoms in total. The Labute approximate surface area is 197 Å². The number of rotatable bonds is 12. The summed E-state index contributed by atoms with van der Waals surface area (Å²) >= 11 is 0. The van der Waals surface area contributed by atoms with Crippen molar-refractivity contribution in [1.82, 2.24) is 5.32 Å². The van der Waals surface area contributed by atoms with Crippen molar-refractivity contribution in [1.29, 1.82) is 0 Å². The quantitative estimate of drug-likeness (QED) is 0.200. The number of amides is 2. The van der Waals surface area contributed by atoms with Crippen molar-refractivity contribution in [3.8, 4) is 0 Å². The summed E-state index contributed by atoms with van der Waals surface area (Å²) in [5.74, 6) is -1.20. The predicted octanol–water partition coefficient (Wildman–Crippen LogP) is 0.205. The topological polar surface area (TPSA) is 117 Å². The molecule has 0 saturated heterocycles. The Hall–Kier alpha value is -0.240. The van der Waals surface area contributed by atoms with E-state index >= 15 is 0 Å². The zero-order valence-electron chi connectivity index (χ0n) is 18.8. The number of hydrogen-bond acceptors (Lipinski definition) is 6. The van der Waals surface area contributed by atoms with Gasteiger partial charge in [0, 0.05) is 0 Å². The molecule has 0 bridgehead atoms. The Morgan fingerprint density at radius 2 is 1.59 bits per heavy atom. The largest absolute Gasteiger partial charge is 1.00 e. The van der Waals surface area contributed by atoms with Crippen molar-refractivity contribution in [3.05, 3.63) is 0 Å². The summed E-state index contributed by atoms with van der Waals surface area (Å²) in [7, 11) is -2.18. The summed E-state index contributed by atoms with van der Waals surface area (Å²) in [6.45, 7) is 10.9. The SMILES string of the molecule is CCCC(C)C1(CC)C(=O)N=C([O-])NC1=O.CCCCO[PH](=O)OCCCC.[Na+]. The first-order valence-corrected chi connectivity index (χ1v) is 11.4. The van der Waals surface area contributed by atoms with Crippen molar-refractivity contribution in [2.45, 2.75) is 79.6 Å². The first-order chi connectivity index (χ1) is 13.3. The second kappa shape index (κ2) is 17.4. The third-order valence-electron chi connectivity index (χ3n) is 4.77. The molecule has 29 heavy (non-hydrogen) atoms. The molecular weight excluding hydrogens is 406 g/mol. The molecular formula is C19H36N2NaO6P. The van der Waals surface area contributed by atoms with Crippen molar-refractivity contribution in [2.24, 2.45) is 16.3 Å². The van der Waals surface area contributed by atoms with E-state index in [0.717, 1.165) is 38.5 Å². The number of nitrogens with zero attached hydrogens (tertiary/aromatic N) is 1. The van der Waals surface area contributed by atoms with Crippen LogP contribution in [-0.4, -0.2) is 31.0 Å². The molecule has 1 rings (SSSR count). The zero-order chi connectivity index (χ0) is 21.6. The van der Waals surface area contributed by atoms with E-state index in [-0.39, 0.29) is 35.5 Å². The second-order valence-electron chi connectivity index (χ2n) is 6.84. The Balaban J connectivity index is 0. The minimum absolute atomic E-state index is 0. The van der Waals surface area contributed by atoms with Crippen LogP contribution in [0.15, 0.2) is 4.99 Å². The van der Waals surface area contributed by atoms with Crippen LogP contribution in [-0.2, 0) is 23.2 Å². The van der Waals surface area contributed by atoms with Gasteiger partial charge in [-0.3, -0.25) is 14.2 Å². The average molecular weight is 442 g/mol. The predicted molar refractivity (Wildman–Crippen MR) is 108 cm³/mol. The van der Waals surface area contributed by atoms with Gasteiger partial charge in [0.25, 0.3) is 5.91 Å². The molecule has 2 unspecified atom stereocenters. The minimum Gasteiger partial charge on any atom is -0.846 e. The van der Waals surface area contributed by atoms with Crippen LogP contribution in [0.2, 0.25) is 0 Å². The van der Waals surface area contributed by atoms with Crippen LogP contribution in [0.4, 0.5) is 0 Å². The molecule has 1 N–H and O–H groups in total. The molecule has 0 saturated carbocycles. The van der Waals surface area contributed by atoms with E-state index in [4.69, 9.17) is 9.05 Å². The third kappa shape index (κ3) is 10.6. The molecule has 164 valence electrons. The molecule has 0 radical (unpaired) electrons. The van der Waals surface area contributed by atoms with E-state index in [1.165, 1.54) is 0 Å². The Bertz CT molecular complexity index is 535. The summed E-state index contributed by atoms with van der Waals surface area (Å²) in [6, 6.07) is -0.845. The number of hydrogen-bond donors (Lipinski definition) is 1. The van der Waals surface area contributed by atoms with Gasteiger partial charge in [0.2, 0.25) is 5.91 Å². The van der Waals surface area contributed by atoms with Crippen molar-refractivity contribution in [3.63, 3.8) is 0 Å². The molecule has 2 atom stereocenters. The van der Waals surface area contributed by atoms with Crippen LogP contribution in [0.3, 0.4) is 0 Å². The van der Waals surface area contributed by atoms with E-state index in [0.29, 0.717) is 19.6 Å². The summed E-state index contributed by atoms with van der Waals surface area (Å²) in [5.41, 5.74) is -1.15. The maximum Gasteiger partial charge on any atom is 1.00 e. The number of nitrogens with one attached hydrogen (secondary N) is 1. The van der Waals surface area contributed by atoms with E-state index in [9.17, 15) is 19.3 Å². The van der Waals surface area contributed by atoms with Crippen LogP contribution in [0.5, 0.6) is 0 Å². The Morgan fingerprint density at radius 3 is 1.97 bits per heavy atom. The number of amidine groups is 1. The number of aliphatic imine (C=N–C) groups is 1. The Kier molecular flexibility index (Phi) is 18.6. The standard InChI is InChI=1S/C11H18N2O3.C8H19O3P.Na/c1-4-6-7(3)11(5-2)8(14)12-10(16)13-9(11)15;1-3-5-7-10-12(9)11-8-6-4-2;/h7H,4-6H2,1-3H3,(H2,12,13,14,15,16);12H,3-8H2,1-2H3;/q;;+1/p-1. The van der Waals surface area contributed by atoms with Crippen molar-refractivity contribution in [2.75, 3.05) is 13.2 Å². The molecule has 0 aromatic heterocycles. The molecule has 0 aromatic carbocycles. The van der Waals surface area contributed by atoms with Gasteiger partial charge in [-0.1, -0.05) is 53.9 Å². The van der Waals surface area contributed by atoms with E-state index in [2.05, 4.69) is 24.2 Å². The normalized spacial score (nSPS) is 19.6. The molecule has 0 spiro atoms. The molecule has 1 aliphatic rings. The summed E-state index contributed by atoms with van der Waals surface area (Å²) in [5, 5.41) is 13.1. The summed E-state index contributed by atoms with van der Waals surface area (Å²) < 4.78 is 20.8. The fourth-order valence-electron chi connectivity index (χ4n) is 2.94. The smallest absolute Gasteiger partial charge is 0.846 e. The first kappa shape index (κ1) is 30.9. The van der Waals surface area contributed by atoms with Gasteiger partial charge in [0.1, 0.15) is 5.41 Å². The summed E-state index contributed by atoms with van der Waals surface area (Å²) in [6.07, 6.45) is 6.04. The van der Waals surface area contributed by atoms with Gasteiger partial charge < -0.3 is 19.5 Å². The molecule has 1 aliphatic heterocycles. The van der Waals surface area contributed by atoms with Crippen LogP contribution >= 0.6 is 8.25 Å². The van der Waals surface area contributed by atoms with Crippen LogP contribution in [0.1, 0.15) is 79.6 Å². The van der Waals surface area contributed by atoms with Crippen LogP contribution in [0.25, 0.3) is 0 Å². The van der Waals surface area contributed by atoms with Gasteiger partial charge in [-0.05, 0) is 31.6 Å². The van der Waals surface area contributed by atoms with E-state index in [1.54, 1.807) is 6.92 Å². The zero-order valence-corrected chi connectivity index (χ0v) is 21.8. The second-order valence-corrected chi connectivity index (χ2v) is 7.92. The minimum atomic E-state index is -2.18. The van der Waals surface area contributed by atoms with E-state index < -0.39 is 31.5 Å². The number of unbranched alkanes of at least 4 members (excludes halogenated alkanes) is 2.